The molecule has 2 N–H and O–H groups in total. The number of nitrogens with one attached hydrogen (secondary N) is 1. The summed E-state index contributed by atoms with van der Waals surface area (Å²) in [5.41, 5.74) is 0.864. The smallest absolute Gasteiger partial charge is 0.120 e. The molecule has 0 aromatic heterocycles. The molecule has 0 saturated carbocycles. The van der Waals surface area contributed by atoms with E-state index in [1.165, 1.54) is 19.4 Å². The van der Waals surface area contributed by atoms with Crippen LogP contribution in [0.4, 0.5) is 0 Å². The predicted molar refractivity (Wildman–Crippen MR) is 75.1 cm³/mol. The van der Waals surface area contributed by atoms with E-state index in [0.717, 1.165) is 18.7 Å². The molecule has 1 aliphatic rings. The van der Waals surface area contributed by atoms with Gasteiger partial charge in [-0.25, -0.2) is 0 Å². The molecule has 1 aromatic rings. The van der Waals surface area contributed by atoms with E-state index in [0.29, 0.717) is 23.4 Å². The maximum absolute atomic E-state index is 9.72. The normalized spacial score (nSPS) is 20.4. The molecule has 1 fully saturated rings. The standard InChI is InChI=1S/C14H21ClN2O/c1-2-17-7-3-4-13(17)10-16-9-11-8-12(15)5-6-14(11)18/h5-6,8,13,16,18H,2-4,7,9-10H2,1H3. The molecule has 2 rings (SSSR count). The molecule has 1 unspecified atom stereocenters. The highest BCUT2D eigenvalue weighted by Gasteiger charge is 2.22. The summed E-state index contributed by atoms with van der Waals surface area (Å²) in [6, 6.07) is 5.80. The fourth-order valence-electron chi connectivity index (χ4n) is 2.61. The number of halogens is 1. The van der Waals surface area contributed by atoms with Crippen molar-refractivity contribution in [1.29, 1.82) is 0 Å². The highest BCUT2D eigenvalue weighted by molar-refractivity contribution is 6.30. The second-order valence-corrected chi connectivity index (χ2v) is 5.27. The Morgan fingerprint density at radius 3 is 3.11 bits per heavy atom. The zero-order valence-corrected chi connectivity index (χ0v) is 11.6. The first kappa shape index (κ1) is 13.7. The third kappa shape index (κ3) is 3.37. The Balaban J connectivity index is 1.83. The van der Waals surface area contributed by atoms with Gasteiger partial charge in [0, 0.05) is 29.7 Å². The molecule has 1 atom stereocenters. The van der Waals surface area contributed by atoms with E-state index in [2.05, 4.69) is 17.1 Å². The molecule has 1 aromatic carbocycles. The van der Waals surface area contributed by atoms with Gasteiger partial charge in [-0.15, -0.1) is 0 Å². The van der Waals surface area contributed by atoms with Crippen molar-refractivity contribution in [3.8, 4) is 5.75 Å². The average Bonchev–Trinajstić information content (AvgIpc) is 2.81. The number of likely N-dealkylation sites (N-methyl/N-ethyl adjacent to an activating group) is 1. The lowest BCUT2D eigenvalue weighted by Gasteiger charge is -2.23. The molecule has 4 heteroatoms. The van der Waals surface area contributed by atoms with Crippen molar-refractivity contribution >= 4 is 11.6 Å². The van der Waals surface area contributed by atoms with Crippen LogP contribution in [0.25, 0.3) is 0 Å². The molecule has 0 radical (unpaired) electrons. The first-order valence-corrected chi connectivity index (χ1v) is 7.00. The van der Waals surface area contributed by atoms with Crippen molar-refractivity contribution in [2.75, 3.05) is 19.6 Å². The second kappa shape index (κ2) is 6.41. The highest BCUT2D eigenvalue weighted by Crippen LogP contribution is 2.21. The monoisotopic (exact) mass is 268 g/mol. The molecular weight excluding hydrogens is 248 g/mol. The summed E-state index contributed by atoms with van der Waals surface area (Å²) >= 11 is 5.92. The van der Waals surface area contributed by atoms with E-state index < -0.39 is 0 Å². The summed E-state index contributed by atoms with van der Waals surface area (Å²) in [6.45, 7) is 6.18. The fraction of sp³-hybridized carbons (Fsp3) is 0.571. The Labute approximate surface area is 114 Å². The van der Waals surface area contributed by atoms with E-state index in [4.69, 9.17) is 11.6 Å². The second-order valence-electron chi connectivity index (χ2n) is 4.83. The summed E-state index contributed by atoms with van der Waals surface area (Å²) < 4.78 is 0. The van der Waals surface area contributed by atoms with Gasteiger partial charge in [0.25, 0.3) is 0 Å². The van der Waals surface area contributed by atoms with Gasteiger partial charge in [0.1, 0.15) is 5.75 Å². The van der Waals surface area contributed by atoms with Gasteiger partial charge in [0.05, 0.1) is 0 Å². The minimum atomic E-state index is 0.311. The lowest BCUT2D eigenvalue weighted by molar-refractivity contribution is 0.259. The van der Waals surface area contributed by atoms with Crippen LogP contribution in [0.15, 0.2) is 18.2 Å². The van der Waals surface area contributed by atoms with Crippen molar-refractivity contribution in [1.82, 2.24) is 10.2 Å². The van der Waals surface area contributed by atoms with Crippen LogP contribution in [-0.2, 0) is 6.54 Å². The summed E-state index contributed by atoms with van der Waals surface area (Å²) in [5, 5.41) is 13.8. The molecule has 1 heterocycles. The van der Waals surface area contributed by atoms with Gasteiger partial charge in [-0.3, -0.25) is 4.90 Å². The van der Waals surface area contributed by atoms with Crippen molar-refractivity contribution in [2.45, 2.75) is 32.4 Å². The van der Waals surface area contributed by atoms with Crippen LogP contribution in [-0.4, -0.2) is 35.7 Å². The van der Waals surface area contributed by atoms with E-state index in [-0.39, 0.29) is 0 Å². The van der Waals surface area contributed by atoms with Crippen LogP contribution in [0.5, 0.6) is 5.75 Å². The van der Waals surface area contributed by atoms with E-state index in [1.54, 1.807) is 12.1 Å². The van der Waals surface area contributed by atoms with E-state index in [9.17, 15) is 5.11 Å². The third-order valence-electron chi connectivity index (χ3n) is 3.64. The van der Waals surface area contributed by atoms with Gasteiger partial charge in [-0.2, -0.15) is 0 Å². The number of benzene rings is 1. The Bertz CT molecular complexity index is 397. The van der Waals surface area contributed by atoms with E-state index >= 15 is 0 Å². The molecule has 1 saturated heterocycles. The van der Waals surface area contributed by atoms with Crippen molar-refractivity contribution < 1.29 is 5.11 Å². The van der Waals surface area contributed by atoms with Crippen LogP contribution in [0.2, 0.25) is 5.02 Å². The van der Waals surface area contributed by atoms with Crippen LogP contribution < -0.4 is 5.32 Å². The minimum absolute atomic E-state index is 0.311. The maximum Gasteiger partial charge on any atom is 0.120 e. The highest BCUT2D eigenvalue weighted by atomic mass is 35.5. The molecular formula is C14H21ClN2O. The van der Waals surface area contributed by atoms with Crippen LogP contribution in [0, 0.1) is 0 Å². The molecule has 1 aliphatic heterocycles. The van der Waals surface area contributed by atoms with Crippen LogP contribution in [0.3, 0.4) is 0 Å². The number of hydrogen-bond acceptors (Lipinski definition) is 3. The molecule has 0 aliphatic carbocycles. The lowest BCUT2D eigenvalue weighted by atomic mass is 10.2. The summed E-state index contributed by atoms with van der Waals surface area (Å²) in [7, 11) is 0. The predicted octanol–water partition coefficient (Wildman–Crippen LogP) is 2.62. The number of rotatable bonds is 5. The average molecular weight is 269 g/mol. The van der Waals surface area contributed by atoms with E-state index in [1.807, 2.05) is 6.07 Å². The van der Waals surface area contributed by atoms with Gasteiger partial charge >= 0.3 is 0 Å². The Kier molecular flexibility index (Phi) is 4.87. The largest absolute Gasteiger partial charge is 0.508 e. The van der Waals surface area contributed by atoms with Crippen LogP contribution >= 0.6 is 11.6 Å². The maximum atomic E-state index is 9.72. The Morgan fingerprint density at radius 1 is 1.50 bits per heavy atom. The zero-order chi connectivity index (χ0) is 13.0. The summed E-state index contributed by atoms with van der Waals surface area (Å²) in [5.74, 6) is 0.311. The quantitative estimate of drug-likeness (QED) is 0.862. The summed E-state index contributed by atoms with van der Waals surface area (Å²) in [6.07, 6.45) is 2.56. The van der Waals surface area contributed by atoms with Crippen molar-refractivity contribution in [3.05, 3.63) is 28.8 Å². The minimum Gasteiger partial charge on any atom is -0.508 e. The SMILES string of the molecule is CCN1CCCC1CNCc1cc(Cl)ccc1O. The number of likely N-dealkylation sites (tertiary alicyclic amines) is 1. The van der Waals surface area contributed by atoms with Gasteiger partial charge in [0.2, 0.25) is 0 Å². The molecule has 100 valence electrons. The summed E-state index contributed by atoms with van der Waals surface area (Å²) in [4.78, 5) is 2.50. The topological polar surface area (TPSA) is 35.5 Å². The van der Waals surface area contributed by atoms with Crippen LogP contribution in [0.1, 0.15) is 25.3 Å². The zero-order valence-electron chi connectivity index (χ0n) is 10.8. The van der Waals surface area contributed by atoms with Crippen molar-refractivity contribution in [2.24, 2.45) is 0 Å². The van der Waals surface area contributed by atoms with Gasteiger partial charge in [-0.1, -0.05) is 18.5 Å². The Morgan fingerprint density at radius 2 is 2.33 bits per heavy atom. The number of aromatic hydroxyl groups is 1. The first-order chi connectivity index (χ1) is 8.70. The Hall–Kier alpha value is -0.770. The fourth-order valence-corrected chi connectivity index (χ4v) is 2.81. The molecule has 0 bridgehead atoms. The molecule has 0 amide bonds. The van der Waals surface area contributed by atoms with Crippen molar-refractivity contribution in [3.63, 3.8) is 0 Å². The number of nitrogens with zero attached hydrogens (tertiary/aromatic N) is 1. The molecule has 18 heavy (non-hydrogen) atoms. The number of phenols is 1. The van der Waals surface area contributed by atoms with Gasteiger partial charge in [0.15, 0.2) is 0 Å². The van der Waals surface area contributed by atoms with Gasteiger partial charge in [-0.05, 0) is 44.1 Å². The number of hydrogen-bond donors (Lipinski definition) is 2. The first-order valence-electron chi connectivity index (χ1n) is 6.63. The molecule has 0 spiro atoms. The van der Waals surface area contributed by atoms with Gasteiger partial charge < -0.3 is 10.4 Å². The number of phenolic OH excluding ortho intramolecular Hbond substituents is 1. The third-order valence-corrected chi connectivity index (χ3v) is 3.88. The molecule has 3 nitrogen and oxygen atoms in total. The lowest BCUT2D eigenvalue weighted by Crippen LogP contribution is -2.37.